The predicted octanol–water partition coefficient (Wildman–Crippen LogP) is 2.36. The monoisotopic (exact) mass is 460 g/mol. The van der Waals surface area contributed by atoms with Crippen LogP contribution in [-0.4, -0.2) is 90.2 Å². The number of rotatable bonds is 8. The number of piperazine rings is 1. The molecule has 3 heterocycles. The van der Waals surface area contributed by atoms with Gasteiger partial charge in [0.1, 0.15) is 0 Å². The van der Waals surface area contributed by atoms with Crippen LogP contribution in [0.1, 0.15) is 25.2 Å². The number of likely N-dealkylation sites (tertiary alicyclic amines) is 1. The number of likely N-dealkylation sites (N-methyl/N-ethyl adjacent to an activating group) is 1. The molecule has 1 N–H and O–H groups in total. The molecule has 8 nitrogen and oxygen atoms in total. The second kappa shape index (κ2) is 11.2. The van der Waals surface area contributed by atoms with Crippen LogP contribution in [0.3, 0.4) is 0 Å². The lowest BCUT2D eigenvalue weighted by Crippen LogP contribution is -2.45. The third-order valence-electron chi connectivity index (χ3n) is 6.41. The van der Waals surface area contributed by atoms with Gasteiger partial charge in [0, 0.05) is 49.2 Å². The first-order chi connectivity index (χ1) is 15.6. The summed E-state index contributed by atoms with van der Waals surface area (Å²) in [5, 5.41) is 7.87. The second-order valence-electron chi connectivity index (χ2n) is 8.86. The Hall–Kier alpha value is -2.00. The summed E-state index contributed by atoms with van der Waals surface area (Å²) < 4.78 is 5.43. The molecule has 0 radical (unpaired) electrons. The Balaban J connectivity index is 1.14. The van der Waals surface area contributed by atoms with E-state index in [2.05, 4.69) is 37.2 Å². The van der Waals surface area contributed by atoms with Gasteiger partial charge in [-0.2, -0.15) is 4.98 Å². The van der Waals surface area contributed by atoms with Crippen molar-refractivity contribution in [1.82, 2.24) is 30.2 Å². The van der Waals surface area contributed by atoms with Crippen LogP contribution in [0.15, 0.2) is 28.8 Å². The van der Waals surface area contributed by atoms with Crippen molar-refractivity contribution < 1.29 is 9.32 Å². The van der Waals surface area contributed by atoms with E-state index in [1.165, 1.54) is 0 Å². The second-order valence-corrected chi connectivity index (χ2v) is 9.30. The fourth-order valence-corrected chi connectivity index (χ4v) is 4.53. The molecule has 2 aromatic rings. The first-order valence-corrected chi connectivity index (χ1v) is 11.9. The largest absolute Gasteiger partial charge is 0.356 e. The number of carbonyl (C=O) groups excluding carboxylic acids is 1. The van der Waals surface area contributed by atoms with Gasteiger partial charge in [0.15, 0.2) is 0 Å². The van der Waals surface area contributed by atoms with E-state index in [1.54, 1.807) is 0 Å². The number of hydrogen-bond donors (Lipinski definition) is 1. The van der Waals surface area contributed by atoms with Crippen molar-refractivity contribution in [2.75, 3.05) is 59.4 Å². The SMILES string of the molecule is CN1CCN(CCCNC(=O)C2CCN(Cc3nc(-c4cccc(Cl)c4)no3)CC2)CC1. The summed E-state index contributed by atoms with van der Waals surface area (Å²) in [6.45, 7) is 8.67. The van der Waals surface area contributed by atoms with Crippen LogP contribution in [0.2, 0.25) is 5.02 Å². The Morgan fingerprint density at radius 3 is 2.69 bits per heavy atom. The molecule has 2 fully saturated rings. The van der Waals surface area contributed by atoms with Gasteiger partial charge in [-0.3, -0.25) is 9.69 Å². The van der Waals surface area contributed by atoms with Crippen molar-refractivity contribution in [2.45, 2.75) is 25.8 Å². The molecule has 2 aliphatic heterocycles. The van der Waals surface area contributed by atoms with Gasteiger partial charge in [-0.25, -0.2) is 0 Å². The molecule has 32 heavy (non-hydrogen) atoms. The van der Waals surface area contributed by atoms with E-state index < -0.39 is 0 Å². The van der Waals surface area contributed by atoms with Crippen LogP contribution in [0.5, 0.6) is 0 Å². The summed E-state index contributed by atoms with van der Waals surface area (Å²) in [5.74, 6) is 1.43. The number of carbonyl (C=O) groups is 1. The number of halogens is 1. The maximum Gasteiger partial charge on any atom is 0.241 e. The maximum atomic E-state index is 12.5. The quantitative estimate of drug-likeness (QED) is 0.606. The van der Waals surface area contributed by atoms with Crippen LogP contribution in [0, 0.1) is 5.92 Å². The number of piperidine rings is 1. The summed E-state index contributed by atoms with van der Waals surface area (Å²) in [6.07, 6.45) is 2.74. The van der Waals surface area contributed by atoms with Gasteiger partial charge in [-0.05, 0) is 58.1 Å². The minimum atomic E-state index is 0.0968. The Morgan fingerprint density at radius 1 is 1.16 bits per heavy atom. The number of hydrogen-bond acceptors (Lipinski definition) is 7. The lowest BCUT2D eigenvalue weighted by atomic mass is 9.96. The molecular weight excluding hydrogens is 428 g/mol. The fraction of sp³-hybridized carbons (Fsp3) is 0.609. The molecule has 1 aromatic heterocycles. The Labute approximate surface area is 194 Å². The zero-order chi connectivity index (χ0) is 22.3. The number of aromatic nitrogens is 2. The molecule has 0 saturated carbocycles. The van der Waals surface area contributed by atoms with Crippen LogP contribution < -0.4 is 5.32 Å². The molecule has 0 aliphatic carbocycles. The average molecular weight is 461 g/mol. The summed E-state index contributed by atoms with van der Waals surface area (Å²) in [5.41, 5.74) is 0.843. The maximum absolute atomic E-state index is 12.5. The normalized spacial score (nSPS) is 19.3. The predicted molar refractivity (Wildman–Crippen MR) is 124 cm³/mol. The lowest BCUT2D eigenvalue weighted by molar-refractivity contribution is -0.126. The standard InChI is InChI=1S/C23H33ClN6O2/c1-28-12-14-29(15-13-28)9-3-8-25-23(31)18-6-10-30(11-7-18)17-21-26-22(27-32-21)19-4-2-5-20(24)16-19/h2,4-5,16,18H,3,6-15,17H2,1H3,(H,25,31). The van der Waals surface area contributed by atoms with E-state index in [0.29, 0.717) is 23.3 Å². The highest BCUT2D eigenvalue weighted by Crippen LogP contribution is 2.22. The summed E-state index contributed by atoms with van der Waals surface area (Å²) in [7, 11) is 2.17. The molecule has 1 amide bonds. The molecule has 0 unspecified atom stereocenters. The van der Waals surface area contributed by atoms with Crippen LogP contribution in [0.25, 0.3) is 11.4 Å². The molecule has 2 saturated heterocycles. The first-order valence-electron chi connectivity index (χ1n) is 11.6. The van der Waals surface area contributed by atoms with Crippen molar-refractivity contribution in [1.29, 1.82) is 0 Å². The number of nitrogens with zero attached hydrogens (tertiary/aromatic N) is 5. The van der Waals surface area contributed by atoms with E-state index >= 15 is 0 Å². The third kappa shape index (κ3) is 6.51. The van der Waals surface area contributed by atoms with Gasteiger partial charge in [0.2, 0.25) is 17.6 Å². The molecule has 0 atom stereocenters. The Kier molecular flexibility index (Phi) is 8.13. The molecule has 0 bridgehead atoms. The Bertz CT molecular complexity index is 875. The van der Waals surface area contributed by atoms with Crippen molar-refractivity contribution in [3.8, 4) is 11.4 Å². The first kappa shape index (κ1) is 23.2. The van der Waals surface area contributed by atoms with E-state index in [4.69, 9.17) is 16.1 Å². The van der Waals surface area contributed by atoms with Crippen LogP contribution in [0.4, 0.5) is 0 Å². The van der Waals surface area contributed by atoms with E-state index in [9.17, 15) is 4.79 Å². The lowest BCUT2D eigenvalue weighted by Gasteiger charge is -2.32. The van der Waals surface area contributed by atoms with Gasteiger partial charge in [0.25, 0.3) is 0 Å². The number of nitrogens with one attached hydrogen (secondary N) is 1. The number of benzene rings is 1. The highest BCUT2D eigenvalue weighted by Gasteiger charge is 2.26. The Morgan fingerprint density at radius 2 is 1.94 bits per heavy atom. The van der Waals surface area contributed by atoms with E-state index in [-0.39, 0.29) is 11.8 Å². The summed E-state index contributed by atoms with van der Waals surface area (Å²) in [4.78, 5) is 24.2. The summed E-state index contributed by atoms with van der Waals surface area (Å²) >= 11 is 6.05. The summed E-state index contributed by atoms with van der Waals surface area (Å²) in [6, 6.07) is 7.43. The minimum absolute atomic E-state index is 0.0968. The van der Waals surface area contributed by atoms with Crippen LogP contribution >= 0.6 is 11.6 Å². The van der Waals surface area contributed by atoms with Gasteiger partial charge in [0.05, 0.1) is 6.54 Å². The van der Waals surface area contributed by atoms with Crippen molar-refractivity contribution >= 4 is 17.5 Å². The van der Waals surface area contributed by atoms with E-state index in [0.717, 1.165) is 77.2 Å². The van der Waals surface area contributed by atoms with Gasteiger partial charge in [-0.1, -0.05) is 28.9 Å². The molecule has 174 valence electrons. The van der Waals surface area contributed by atoms with Crippen molar-refractivity contribution in [3.05, 3.63) is 35.2 Å². The van der Waals surface area contributed by atoms with Gasteiger partial charge >= 0.3 is 0 Å². The van der Waals surface area contributed by atoms with E-state index in [1.807, 2.05) is 24.3 Å². The smallest absolute Gasteiger partial charge is 0.241 e. The van der Waals surface area contributed by atoms with Crippen molar-refractivity contribution in [2.24, 2.45) is 5.92 Å². The average Bonchev–Trinajstić information content (AvgIpc) is 3.27. The molecule has 9 heteroatoms. The zero-order valence-electron chi connectivity index (χ0n) is 18.8. The topological polar surface area (TPSA) is 77.7 Å². The number of amides is 1. The minimum Gasteiger partial charge on any atom is -0.356 e. The van der Waals surface area contributed by atoms with Crippen LogP contribution in [-0.2, 0) is 11.3 Å². The van der Waals surface area contributed by atoms with Gasteiger partial charge in [-0.15, -0.1) is 0 Å². The molecule has 4 rings (SSSR count). The molecular formula is C23H33ClN6O2. The fourth-order valence-electron chi connectivity index (χ4n) is 4.34. The van der Waals surface area contributed by atoms with Crippen molar-refractivity contribution in [3.63, 3.8) is 0 Å². The highest BCUT2D eigenvalue weighted by atomic mass is 35.5. The zero-order valence-corrected chi connectivity index (χ0v) is 19.6. The third-order valence-corrected chi connectivity index (χ3v) is 6.65. The van der Waals surface area contributed by atoms with Gasteiger partial charge < -0.3 is 19.6 Å². The highest BCUT2D eigenvalue weighted by molar-refractivity contribution is 6.30. The molecule has 1 aromatic carbocycles. The molecule has 0 spiro atoms. The molecule has 2 aliphatic rings.